The molecule has 0 aliphatic rings. The summed E-state index contributed by atoms with van der Waals surface area (Å²) >= 11 is 2.17. The Hall–Kier alpha value is 0. The van der Waals surface area contributed by atoms with Crippen LogP contribution in [0.4, 0.5) is 4.79 Å². The molecule has 0 atom stereocenters. The summed E-state index contributed by atoms with van der Waals surface area (Å²) in [4.78, 5) is 11.2. The monoisotopic (exact) mass is 284 g/mol. The van der Waals surface area contributed by atoms with E-state index >= 15 is 0 Å². The molecule has 0 aliphatic heterocycles. The standard InChI is InChI=1S/C8H17IN2O/c1-7(2,3)10-6(12)11-8(4,5)9/h1-5H3,(H2,10,11,12). The lowest BCUT2D eigenvalue weighted by molar-refractivity contribution is 0.229. The van der Waals surface area contributed by atoms with Crippen LogP contribution in [-0.2, 0) is 0 Å². The predicted octanol–water partition coefficient (Wildman–Crippen LogP) is 2.26. The summed E-state index contributed by atoms with van der Waals surface area (Å²) in [6.07, 6.45) is 0. The first kappa shape index (κ1) is 12.0. The van der Waals surface area contributed by atoms with Crippen LogP contribution >= 0.6 is 22.6 Å². The Morgan fingerprint density at radius 1 is 1.08 bits per heavy atom. The molecule has 0 radical (unpaired) electrons. The van der Waals surface area contributed by atoms with Crippen LogP contribution in [0.5, 0.6) is 0 Å². The summed E-state index contributed by atoms with van der Waals surface area (Å²) in [5, 5.41) is 5.63. The highest BCUT2D eigenvalue weighted by molar-refractivity contribution is 14.1. The van der Waals surface area contributed by atoms with E-state index < -0.39 is 0 Å². The second-order valence-electron chi connectivity index (χ2n) is 4.30. The van der Waals surface area contributed by atoms with Gasteiger partial charge in [-0.1, -0.05) is 22.6 Å². The minimum absolute atomic E-state index is 0.123. The van der Waals surface area contributed by atoms with Crippen molar-refractivity contribution >= 4 is 28.6 Å². The summed E-state index contributed by atoms with van der Waals surface area (Å²) in [6.45, 7) is 9.73. The third-order valence-electron chi connectivity index (χ3n) is 0.899. The Balaban J connectivity index is 3.92. The van der Waals surface area contributed by atoms with E-state index in [9.17, 15) is 4.79 Å². The molecule has 0 saturated carbocycles. The van der Waals surface area contributed by atoms with Gasteiger partial charge < -0.3 is 10.6 Å². The van der Waals surface area contributed by atoms with Gasteiger partial charge in [0.1, 0.15) is 0 Å². The van der Waals surface area contributed by atoms with E-state index in [1.165, 1.54) is 0 Å². The number of hydrogen-bond acceptors (Lipinski definition) is 1. The molecule has 0 aromatic rings. The van der Waals surface area contributed by atoms with E-state index in [-0.39, 0.29) is 15.1 Å². The maximum atomic E-state index is 11.2. The zero-order valence-corrected chi connectivity index (χ0v) is 10.4. The Kier molecular flexibility index (Phi) is 3.81. The number of carbonyl (C=O) groups is 1. The quantitative estimate of drug-likeness (QED) is 0.433. The zero-order chi connectivity index (χ0) is 9.99. The fourth-order valence-corrected chi connectivity index (χ4v) is 0.887. The predicted molar refractivity (Wildman–Crippen MR) is 59.5 cm³/mol. The van der Waals surface area contributed by atoms with Crippen LogP contribution in [0, 0.1) is 0 Å². The lowest BCUT2D eigenvalue weighted by Crippen LogP contribution is -2.51. The fourth-order valence-electron chi connectivity index (χ4n) is 0.642. The number of carbonyl (C=O) groups excluding carboxylic acids is 1. The number of hydrogen-bond donors (Lipinski definition) is 2. The van der Waals surface area contributed by atoms with Crippen molar-refractivity contribution in [3.8, 4) is 0 Å². The molecule has 0 aliphatic carbocycles. The van der Waals surface area contributed by atoms with Crippen LogP contribution in [0.1, 0.15) is 34.6 Å². The first-order chi connectivity index (χ1) is 5.10. The average molecular weight is 284 g/mol. The molecule has 72 valence electrons. The molecule has 0 saturated heterocycles. The highest BCUT2D eigenvalue weighted by Crippen LogP contribution is 2.11. The van der Waals surface area contributed by atoms with Gasteiger partial charge in [0.25, 0.3) is 0 Å². The van der Waals surface area contributed by atoms with Gasteiger partial charge in [0.15, 0.2) is 0 Å². The van der Waals surface area contributed by atoms with Crippen LogP contribution in [0.2, 0.25) is 0 Å². The molecule has 4 heteroatoms. The molecule has 0 rings (SSSR count). The Labute approximate surface area is 87.8 Å². The average Bonchev–Trinajstić information content (AvgIpc) is 1.49. The second-order valence-corrected chi connectivity index (χ2v) is 7.00. The van der Waals surface area contributed by atoms with Crippen molar-refractivity contribution in [2.45, 2.75) is 43.7 Å². The van der Waals surface area contributed by atoms with E-state index in [2.05, 4.69) is 33.2 Å². The number of amides is 2. The molecule has 0 fully saturated rings. The highest BCUT2D eigenvalue weighted by atomic mass is 127. The SMILES string of the molecule is CC(C)(C)NC(=O)NC(C)(C)I. The van der Waals surface area contributed by atoms with Gasteiger partial charge in [-0.05, 0) is 34.6 Å². The van der Waals surface area contributed by atoms with E-state index in [1.807, 2.05) is 34.6 Å². The normalized spacial score (nSPS) is 12.5. The van der Waals surface area contributed by atoms with Crippen LogP contribution in [-0.4, -0.2) is 15.1 Å². The summed E-state index contributed by atoms with van der Waals surface area (Å²) < 4.78 is -0.201. The maximum absolute atomic E-state index is 11.2. The Morgan fingerprint density at radius 3 is 1.75 bits per heavy atom. The Morgan fingerprint density at radius 2 is 1.50 bits per heavy atom. The molecule has 2 amide bonds. The third-order valence-corrected chi connectivity index (χ3v) is 1.17. The van der Waals surface area contributed by atoms with Crippen molar-refractivity contribution in [3.63, 3.8) is 0 Å². The second kappa shape index (κ2) is 3.81. The Bertz CT molecular complexity index is 149. The van der Waals surface area contributed by atoms with Gasteiger partial charge in [-0.3, -0.25) is 0 Å². The van der Waals surface area contributed by atoms with Crippen molar-refractivity contribution in [2.75, 3.05) is 0 Å². The lowest BCUT2D eigenvalue weighted by atomic mass is 10.1. The molecule has 12 heavy (non-hydrogen) atoms. The summed E-state index contributed by atoms with van der Waals surface area (Å²) in [6, 6.07) is -0.123. The van der Waals surface area contributed by atoms with Gasteiger partial charge in [-0.25, -0.2) is 4.79 Å². The smallest absolute Gasteiger partial charge is 0.316 e. The fraction of sp³-hybridized carbons (Fsp3) is 0.875. The van der Waals surface area contributed by atoms with Crippen LogP contribution in [0.15, 0.2) is 0 Å². The van der Waals surface area contributed by atoms with Crippen molar-refractivity contribution in [2.24, 2.45) is 0 Å². The molecular formula is C8H17IN2O. The molecule has 0 spiro atoms. The van der Waals surface area contributed by atoms with Gasteiger partial charge in [0, 0.05) is 5.54 Å². The highest BCUT2D eigenvalue weighted by Gasteiger charge is 2.19. The summed E-state index contributed by atoms with van der Waals surface area (Å²) in [5.41, 5.74) is -0.175. The summed E-state index contributed by atoms with van der Waals surface area (Å²) in [5.74, 6) is 0. The van der Waals surface area contributed by atoms with E-state index in [4.69, 9.17) is 0 Å². The van der Waals surface area contributed by atoms with E-state index in [1.54, 1.807) is 0 Å². The van der Waals surface area contributed by atoms with Gasteiger partial charge in [0.2, 0.25) is 0 Å². The van der Waals surface area contributed by atoms with Gasteiger partial charge >= 0.3 is 6.03 Å². The van der Waals surface area contributed by atoms with Gasteiger partial charge in [-0.15, -0.1) is 0 Å². The topological polar surface area (TPSA) is 41.1 Å². The molecule has 3 nitrogen and oxygen atoms in total. The van der Waals surface area contributed by atoms with E-state index in [0.717, 1.165) is 0 Å². The lowest BCUT2D eigenvalue weighted by Gasteiger charge is -2.25. The van der Waals surface area contributed by atoms with Crippen LogP contribution in [0.25, 0.3) is 0 Å². The summed E-state index contributed by atoms with van der Waals surface area (Å²) in [7, 11) is 0. The van der Waals surface area contributed by atoms with Gasteiger partial charge in [0.05, 0.1) is 3.55 Å². The third kappa shape index (κ3) is 8.10. The minimum atomic E-state index is -0.201. The molecule has 0 unspecified atom stereocenters. The number of halogens is 1. The zero-order valence-electron chi connectivity index (χ0n) is 8.29. The van der Waals surface area contributed by atoms with Crippen LogP contribution in [0.3, 0.4) is 0 Å². The van der Waals surface area contributed by atoms with E-state index in [0.29, 0.717) is 0 Å². The van der Waals surface area contributed by atoms with Crippen molar-refractivity contribution in [1.82, 2.24) is 10.6 Å². The molecule has 2 N–H and O–H groups in total. The largest absolute Gasteiger partial charge is 0.334 e. The van der Waals surface area contributed by atoms with Crippen molar-refractivity contribution in [1.29, 1.82) is 0 Å². The molecule has 0 heterocycles. The first-order valence-corrected chi connectivity index (χ1v) is 4.97. The number of alkyl halides is 1. The molecule has 0 aromatic carbocycles. The minimum Gasteiger partial charge on any atom is -0.334 e. The van der Waals surface area contributed by atoms with Crippen LogP contribution < -0.4 is 10.6 Å². The first-order valence-electron chi connectivity index (χ1n) is 3.89. The molecule has 0 aromatic heterocycles. The van der Waals surface area contributed by atoms with Crippen molar-refractivity contribution < 1.29 is 4.79 Å². The number of nitrogens with one attached hydrogen (secondary N) is 2. The molecule has 0 bridgehead atoms. The maximum Gasteiger partial charge on any atom is 0.316 e. The number of rotatable bonds is 1. The van der Waals surface area contributed by atoms with Crippen molar-refractivity contribution in [3.05, 3.63) is 0 Å². The number of urea groups is 1. The van der Waals surface area contributed by atoms with Gasteiger partial charge in [-0.2, -0.15) is 0 Å². The molecular weight excluding hydrogens is 267 g/mol.